The summed E-state index contributed by atoms with van der Waals surface area (Å²) < 4.78 is 68.8. The number of rotatable bonds is 5. The molecule has 2 aromatic carbocycles. The Bertz CT molecular complexity index is 1060. The van der Waals surface area contributed by atoms with E-state index in [9.17, 15) is 26.4 Å². The minimum Gasteiger partial charge on any atom is -0.360 e. The van der Waals surface area contributed by atoms with Crippen LogP contribution in [-0.4, -0.2) is 18.9 Å². The summed E-state index contributed by atoms with van der Waals surface area (Å²) in [6.07, 6.45) is -3.49. The molecule has 0 saturated heterocycles. The zero-order valence-electron chi connectivity index (χ0n) is 13.9. The number of anilines is 2. The van der Waals surface area contributed by atoms with E-state index >= 15 is 0 Å². The molecule has 7 nitrogen and oxygen atoms in total. The largest absolute Gasteiger partial charge is 0.416 e. The molecule has 0 radical (unpaired) electrons. The molecule has 2 aromatic rings. The van der Waals surface area contributed by atoms with Gasteiger partial charge in [-0.1, -0.05) is 6.07 Å². The second-order valence-electron chi connectivity index (χ2n) is 5.35. The van der Waals surface area contributed by atoms with E-state index in [1.165, 1.54) is 12.1 Å². The van der Waals surface area contributed by atoms with Gasteiger partial charge < -0.3 is 10.6 Å². The lowest BCUT2D eigenvalue weighted by atomic mass is 10.2. The standard InChI is InChI=1S/C17H12F3N3O4S/c18-17(19,20)12-4-6-13(7-5-12)22-10-11(9-21)16(24)23-14-2-1-3-15(8-14)28(25,26)27/h1-8,10,22H,(H,23,24)(H,25,26,27)/b11-10-. The fourth-order valence-corrected chi connectivity index (χ4v) is 2.52. The lowest BCUT2D eigenvalue weighted by Gasteiger charge is -2.08. The number of carbonyl (C=O) groups is 1. The molecule has 0 fully saturated rings. The minimum atomic E-state index is -4.48. The normalized spacial score (nSPS) is 12.2. The first-order chi connectivity index (χ1) is 13.0. The molecule has 2 rings (SSSR count). The van der Waals surface area contributed by atoms with Gasteiger partial charge in [-0.2, -0.15) is 26.9 Å². The summed E-state index contributed by atoms with van der Waals surface area (Å²) in [7, 11) is -4.47. The number of nitrogens with zero attached hydrogens (tertiary/aromatic N) is 1. The molecule has 3 N–H and O–H groups in total. The van der Waals surface area contributed by atoms with E-state index in [2.05, 4.69) is 10.6 Å². The molecule has 0 spiro atoms. The highest BCUT2D eigenvalue weighted by Gasteiger charge is 2.29. The SMILES string of the molecule is N#C/C(=C/Nc1ccc(C(F)(F)F)cc1)C(=O)Nc1cccc(S(=O)(=O)O)c1. The molecule has 0 heterocycles. The molecule has 0 aliphatic rings. The lowest BCUT2D eigenvalue weighted by Crippen LogP contribution is -2.15. The summed E-state index contributed by atoms with van der Waals surface area (Å²) in [5, 5.41) is 13.9. The van der Waals surface area contributed by atoms with Gasteiger partial charge >= 0.3 is 6.18 Å². The van der Waals surface area contributed by atoms with Crippen LogP contribution in [0.15, 0.2) is 65.2 Å². The van der Waals surface area contributed by atoms with E-state index in [4.69, 9.17) is 9.81 Å². The van der Waals surface area contributed by atoms with E-state index in [0.29, 0.717) is 0 Å². The van der Waals surface area contributed by atoms with Crippen LogP contribution in [0.1, 0.15) is 5.56 Å². The number of amides is 1. The molecule has 146 valence electrons. The maximum Gasteiger partial charge on any atom is 0.416 e. The average Bonchev–Trinajstić information content (AvgIpc) is 2.61. The number of hydrogen-bond donors (Lipinski definition) is 3. The van der Waals surface area contributed by atoms with Crippen LogP contribution in [-0.2, 0) is 21.1 Å². The Hall–Kier alpha value is -3.36. The third-order valence-electron chi connectivity index (χ3n) is 3.35. The van der Waals surface area contributed by atoms with Crippen LogP contribution in [0.4, 0.5) is 24.5 Å². The third-order valence-corrected chi connectivity index (χ3v) is 4.20. The summed E-state index contributed by atoms with van der Waals surface area (Å²) in [6, 6.07) is 10.3. The van der Waals surface area contributed by atoms with Crippen molar-refractivity contribution in [1.82, 2.24) is 0 Å². The van der Waals surface area contributed by atoms with Gasteiger partial charge in [0, 0.05) is 17.6 Å². The van der Waals surface area contributed by atoms with E-state index in [-0.39, 0.29) is 11.4 Å². The van der Waals surface area contributed by atoms with Crippen LogP contribution in [0.5, 0.6) is 0 Å². The summed E-state index contributed by atoms with van der Waals surface area (Å²) in [5.41, 5.74) is -1.05. The van der Waals surface area contributed by atoms with Crippen molar-refractivity contribution in [2.24, 2.45) is 0 Å². The first-order valence-electron chi connectivity index (χ1n) is 7.43. The number of hydrogen-bond acceptors (Lipinski definition) is 5. The number of benzene rings is 2. The van der Waals surface area contributed by atoms with Gasteiger partial charge in [0.05, 0.1) is 10.5 Å². The molecule has 0 bridgehead atoms. The Morgan fingerprint density at radius 3 is 2.29 bits per heavy atom. The van der Waals surface area contributed by atoms with Crippen molar-refractivity contribution in [2.45, 2.75) is 11.1 Å². The van der Waals surface area contributed by atoms with E-state index in [0.717, 1.165) is 42.6 Å². The number of nitrogens with one attached hydrogen (secondary N) is 2. The molecule has 0 saturated carbocycles. The average molecular weight is 411 g/mol. The minimum absolute atomic E-state index is 0.0100. The van der Waals surface area contributed by atoms with Gasteiger partial charge in [0.1, 0.15) is 11.6 Å². The highest BCUT2D eigenvalue weighted by Crippen LogP contribution is 2.29. The van der Waals surface area contributed by atoms with Gasteiger partial charge in [-0.25, -0.2) is 0 Å². The van der Waals surface area contributed by atoms with Crippen molar-refractivity contribution in [3.05, 3.63) is 65.9 Å². The smallest absolute Gasteiger partial charge is 0.360 e. The van der Waals surface area contributed by atoms with Gasteiger partial charge in [0.25, 0.3) is 16.0 Å². The van der Waals surface area contributed by atoms with Gasteiger partial charge in [-0.3, -0.25) is 9.35 Å². The van der Waals surface area contributed by atoms with Crippen molar-refractivity contribution in [2.75, 3.05) is 10.6 Å². The quantitative estimate of drug-likeness (QED) is 0.394. The first-order valence-corrected chi connectivity index (χ1v) is 8.87. The zero-order valence-corrected chi connectivity index (χ0v) is 14.7. The molecule has 0 atom stereocenters. The fraction of sp³-hybridized carbons (Fsp3) is 0.0588. The molecule has 0 aliphatic carbocycles. The summed E-state index contributed by atoms with van der Waals surface area (Å²) >= 11 is 0. The number of nitriles is 1. The number of halogens is 3. The molecule has 11 heteroatoms. The van der Waals surface area contributed by atoms with Crippen molar-refractivity contribution < 1.29 is 30.9 Å². The van der Waals surface area contributed by atoms with E-state index in [1.54, 1.807) is 6.07 Å². The maximum atomic E-state index is 12.5. The molecule has 1 amide bonds. The highest BCUT2D eigenvalue weighted by atomic mass is 32.2. The Morgan fingerprint density at radius 1 is 1.11 bits per heavy atom. The Morgan fingerprint density at radius 2 is 1.75 bits per heavy atom. The molecule has 0 aliphatic heterocycles. The molecular formula is C17H12F3N3O4S. The second kappa shape index (κ2) is 8.12. The van der Waals surface area contributed by atoms with Gasteiger partial charge in [-0.15, -0.1) is 0 Å². The van der Waals surface area contributed by atoms with Gasteiger partial charge in [-0.05, 0) is 42.5 Å². The maximum absolute atomic E-state index is 12.5. The van der Waals surface area contributed by atoms with Crippen LogP contribution in [0.3, 0.4) is 0 Å². The van der Waals surface area contributed by atoms with Crippen LogP contribution in [0.25, 0.3) is 0 Å². The van der Waals surface area contributed by atoms with Gasteiger partial charge in [0.2, 0.25) is 0 Å². The Kier molecular flexibility index (Phi) is 6.07. The monoisotopic (exact) mass is 411 g/mol. The molecular weight excluding hydrogens is 399 g/mol. The predicted molar refractivity (Wildman–Crippen MR) is 93.6 cm³/mol. The second-order valence-corrected chi connectivity index (χ2v) is 6.77. The number of alkyl halides is 3. The Labute approximate surface area is 157 Å². The van der Waals surface area contributed by atoms with E-state index in [1.807, 2.05) is 0 Å². The molecule has 0 unspecified atom stereocenters. The summed E-state index contributed by atoms with van der Waals surface area (Å²) in [5.74, 6) is -0.894. The fourth-order valence-electron chi connectivity index (χ4n) is 1.99. The van der Waals surface area contributed by atoms with Crippen LogP contribution in [0, 0.1) is 11.3 Å². The summed E-state index contributed by atoms with van der Waals surface area (Å²) in [6.45, 7) is 0. The first kappa shape index (κ1) is 20.9. The topological polar surface area (TPSA) is 119 Å². The van der Waals surface area contributed by atoms with Crippen molar-refractivity contribution in [1.29, 1.82) is 5.26 Å². The van der Waals surface area contributed by atoms with Gasteiger partial charge in [0.15, 0.2) is 0 Å². The van der Waals surface area contributed by atoms with E-state index < -0.39 is 38.2 Å². The number of carbonyl (C=O) groups excluding carboxylic acids is 1. The van der Waals surface area contributed by atoms with Crippen molar-refractivity contribution in [3.63, 3.8) is 0 Å². The summed E-state index contributed by atoms with van der Waals surface area (Å²) in [4.78, 5) is 11.7. The van der Waals surface area contributed by atoms with Crippen LogP contribution in [0.2, 0.25) is 0 Å². The van der Waals surface area contributed by atoms with Crippen LogP contribution >= 0.6 is 0 Å². The van der Waals surface area contributed by atoms with Crippen molar-refractivity contribution >= 4 is 27.4 Å². The van der Waals surface area contributed by atoms with Crippen LogP contribution < -0.4 is 10.6 Å². The highest BCUT2D eigenvalue weighted by molar-refractivity contribution is 7.85. The Balaban J connectivity index is 2.12. The molecule has 0 aromatic heterocycles. The van der Waals surface area contributed by atoms with Crippen molar-refractivity contribution in [3.8, 4) is 6.07 Å². The lowest BCUT2D eigenvalue weighted by molar-refractivity contribution is -0.137. The molecule has 28 heavy (non-hydrogen) atoms. The zero-order chi connectivity index (χ0) is 20.9. The predicted octanol–water partition coefficient (Wildman–Crippen LogP) is 3.41. The third kappa shape index (κ3) is 5.57.